The normalized spacial score (nSPS) is 10.3. The van der Waals surface area contributed by atoms with Gasteiger partial charge in [-0.3, -0.25) is 9.59 Å². The van der Waals surface area contributed by atoms with Crippen molar-refractivity contribution in [3.8, 4) is 0 Å². The first-order valence-electron chi connectivity index (χ1n) is 5.95. The third-order valence-electron chi connectivity index (χ3n) is 2.31. The highest BCUT2D eigenvalue weighted by molar-refractivity contribution is 6.30. The summed E-state index contributed by atoms with van der Waals surface area (Å²) in [7, 11) is 0. The molecule has 0 fully saturated rings. The van der Waals surface area contributed by atoms with Crippen LogP contribution in [0.2, 0.25) is 5.02 Å². The Bertz CT molecular complexity index is 674. The number of benzene rings is 1. The Morgan fingerprint density at radius 1 is 1.10 bits per heavy atom. The summed E-state index contributed by atoms with van der Waals surface area (Å²) >= 11 is 5.80. The van der Waals surface area contributed by atoms with E-state index in [1.54, 1.807) is 24.3 Å². The largest absolute Gasteiger partial charge is 0.322 e. The zero-order chi connectivity index (χ0) is 15.1. The van der Waals surface area contributed by atoms with Crippen LogP contribution in [0.5, 0.6) is 0 Å². The Balaban J connectivity index is 1.88. The van der Waals surface area contributed by atoms with E-state index < -0.39 is 11.8 Å². The molecule has 0 aliphatic heterocycles. The summed E-state index contributed by atoms with van der Waals surface area (Å²) in [5.74, 6) is -0.542. The monoisotopic (exact) mass is 302 g/mol. The van der Waals surface area contributed by atoms with Crippen LogP contribution in [0, 0.1) is 0 Å². The first-order valence-corrected chi connectivity index (χ1v) is 6.33. The van der Waals surface area contributed by atoms with Crippen molar-refractivity contribution in [2.75, 3.05) is 10.6 Å². The summed E-state index contributed by atoms with van der Waals surface area (Å²) in [4.78, 5) is 30.8. The molecule has 2 amide bonds. The van der Waals surface area contributed by atoms with Crippen LogP contribution in [-0.2, 0) is 9.59 Å². The van der Waals surface area contributed by atoms with Crippen molar-refractivity contribution in [2.24, 2.45) is 0 Å². The van der Waals surface area contributed by atoms with Crippen molar-refractivity contribution < 1.29 is 9.59 Å². The zero-order valence-electron chi connectivity index (χ0n) is 10.8. The maximum Gasteiger partial charge on any atom is 0.249 e. The molecule has 1 heterocycles. The number of carbonyl (C=O) groups is 2. The lowest BCUT2D eigenvalue weighted by molar-refractivity contribution is -0.114. The Kier molecular flexibility index (Phi) is 5.00. The number of halogens is 1. The predicted molar refractivity (Wildman–Crippen MR) is 79.9 cm³/mol. The lowest BCUT2D eigenvalue weighted by Crippen LogP contribution is -2.12. The van der Waals surface area contributed by atoms with Gasteiger partial charge in [-0.05, 0) is 24.3 Å². The van der Waals surface area contributed by atoms with Crippen LogP contribution in [-0.4, -0.2) is 21.8 Å². The highest BCUT2D eigenvalue weighted by Gasteiger charge is 2.01. The second kappa shape index (κ2) is 7.16. The van der Waals surface area contributed by atoms with Crippen LogP contribution < -0.4 is 10.6 Å². The van der Waals surface area contributed by atoms with Gasteiger partial charge in [0.05, 0.1) is 0 Å². The summed E-state index contributed by atoms with van der Waals surface area (Å²) in [5.41, 5.74) is 0.549. The molecule has 0 spiro atoms. The molecule has 2 aromatic rings. The molecule has 2 rings (SSSR count). The van der Waals surface area contributed by atoms with E-state index in [0.29, 0.717) is 16.5 Å². The maximum absolute atomic E-state index is 11.6. The van der Waals surface area contributed by atoms with Gasteiger partial charge < -0.3 is 10.6 Å². The third kappa shape index (κ3) is 5.04. The molecule has 1 aromatic carbocycles. The van der Waals surface area contributed by atoms with Crippen molar-refractivity contribution in [1.82, 2.24) is 9.97 Å². The van der Waals surface area contributed by atoms with Gasteiger partial charge >= 0.3 is 0 Å². The minimum atomic E-state index is -0.463. The van der Waals surface area contributed by atoms with E-state index in [2.05, 4.69) is 20.6 Å². The standard InChI is InChI=1S/C14H11ClN4O2/c15-10-2-1-3-11(8-10)18-13(20)4-5-14(21)19-12-6-7-16-9-17-12/h1-9H,(H,18,20)(H,16,17,19,21). The molecule has 0 saturated heterocycles. The fourth-order valence-corrected chi connectivity index (χ4v) is 1.62. The quantitative estimate of drug-likeness (QED) is 0.849. The lowest BCUT2D eigenvalue weighted by atomic mass is 10.3. The number of nitrogens with one attached hydrogen (secondary N) is 2. The molecule has 106 valence electrons. The Labute approximate surface area is 125 Å². The first kappa shape index (κ1) is 14.7. The maximum atomic E-state index is 11.6. The van der Waals surface area contributed by atoms with Crippen molar-refractivity contribution in [3.05, 3.63) is 60.0 Å². The molecule has 7 heteroatoms. The van der Waals surface area contributed by atoms with Crippen molar-refractivity contribution in [3.63, 3.8) is 0 Å². The van der Waals surface area contributed by atoms with Gasteiger partial charge in [0.2, 0.25) is 11.8 Å². The van der Waals surface area contributed by atoms with Gasteiger partial charge in [-0.25, -0.2) is 9.97 Å². The number of nitrogens with zero attached hydrogens (tertiary/aromatic N) is 2. The fraction of sp³-hybridized carbons (Fsp3) is 0. The minimum absolute atomic E-state index is 0.356. The summed E-state index contributed by atoms with van der Waals surface area (Å²) < 4.78 is 0. The van der Waals surface area contributed by atoms with Gasteiger partial charge in [0.15, 0.2) is 0 Å². The Morgan fingerprint density at radius 2 is 1.86 bits per heavy atom. The summed E-state index contributed by atoms with van der Waals surface area (Å²) in [6.45, 7) is 0. The summed E-state index contributed by atoms with van der Waals surface area (Å²) in [6.07, 6.45) is 5.04. The number of hydrogen-bond donors (Lipinski definition) is 2. The number of rotatable bonds is 4. The molecule has 0 radical (unpaired) electrons. The van der Waals surface area contributed by atoms with Crippen molar-refractivity contribution >= 4 is 34.9 Å². The van der Waals surface area contributed by atoms with E-state index in [9.17, 15) is 9.59 Å². The smallest absolute Gasteiger partial charge is 0.249 e. The summed E-state index contributed by atoms with van der Waals surface area (Å²) in [5, 5.41) is 5.59. The average Bonchev–Trinajstić information content (AvgIpc) is 2.46. The number of amides is 2. The molecule has 0 aliphatic rings. The number of aromatic nitrogens is 2. The van der Waals surface area contributed by atoms with E-state index in [-0.39, 0.29) is 0 Å². The van der Waals surface area contributed by atoms with Crippen LogP contribution in [0.4, 0.5) is 11.5 Å². The lowest BCUT2D eigenvalue weighted by Gasteiger charge is -2.02. The minimum Gasteiger partial charge on any atom is -0.322 e. The van der Waals surface area contributed by atoms with E-state index >= 15 is 0 Å². The van der Waals surface area contributed by atoms with Gasteiger partial charge in [-0.15, -0.1) is 0 Å². The highest BCUT2D eigenvalue weighted by Crippen LogP contribution is 2.14. The number of carbonyl (C=O) groups excluding carboxylic acids is 2. The first-order chi connectivity index (χ1) is 10.1. The molecule has 21 heavy (non-hydrogen) atoms. The van der Waals surface area contributed by atoms with Gasteiger partial charge in [0.25, 0.3) is 0 Å². The van der Waals surface area contributed by atoms with E-state index in [1.165, 1.54) is 18.6 Å². The molecule has 0 unspecified atom stereocenters. The molecule has 0 atom stereocenters. The van der Waals surface area contributed by atoms with Gasteiger partial charge in [0.1, 0.15) is 12.1 Å². The fourth-order valence-electron chi connectivity index (χ4n) is 1.43. The average molecular weight is 303 g/mol. The van der Waals surface area contributed by atoms with Crippen LogP contribution in [0.1, 0.15) is 0 Å². The van der Waals surface area contributed by atoms with E-state index in [4.69, 9.17) is 11.6 Å². The van der Waals surface area contributed by atoms with Crippen LogP contribution in [0.15, 0.2) is 55.0 Å². The van der Waals surface area contributed by atoms with Gasteiger partial charge in [0, 0.05) is 29.1 Å². The molecule has 0 saturated carbocycles. The second-order valence-electron chi connectivity index (χ2n) is 3.92. The van der Waals surface area contributed by atoms with Crippen LogP contribution >= 0.6 is 11.6 Å². The highest BCUT2D eigenvalue weighted by atomic mass is 35.5. The summed E-state index contributed by atoms with van der Waals surface area (Å²) in [6, 6.07) is 8.25. The van der Waals surface area contributed by atoms with Gasteiger partial charge in [-0.2, -0.15) is 0 Å². The number of anilines is 2. The van der Waals surface area contributed by atoms with Crippen LogP contribution in [0.25, 0.3) is 0 Å². The topological polar surface area (TPSA) is 84.0 Å². The van der Waals surface area contributed by atoms with E-state index in [1.807, 2.05) is 0 Å². The molecule has 1 aromatic heterocycles. The molecular weight excluding hydrogens is 292 g/mol. The van der Waals surface area contributed by atoms with Crippen molar-refractivity contribution in [2.45, 2.75) is 0 Å². The molecule has 6 nitrogen and oxygen atoms in total. The predicted octanol–water partition coefficient (Wildman–Crippen LogP) is 2.26. The van der Waals surface area contributed by atoms with Gasteiger partial charge in [-0.1, -0.05) is 17.7 Å². The van der Waals surface area contributed by atoms with E-state index in [0.717, 1.165) is 12.2 Å². The molecular formula is C14H11ClN4O2. The zero-order valence-corrected chi connectivity index (χ0v) is 11.5. The second-order valence-corrected chi connectivity index (χ2v) is 4.35. The molecule has 2 N–H and O–H groups in total. The Hall–Kier alpha value is -2.73. The molecule has 0 bridgehead atoms. The van der Waals surface area contributed by atoms with Crippen LogP contribution in [0.3, 0.4) is 0 Å². The number of hydrogen-bond acceptors (Lipinski definition) is 4. The Morgan fingerprint density at radius 3 is 2.52 bits per heavy atom. The molecule has 0 aliphatic carbocycles. The van der Waals surface area contributed by atoms with Crippen molar-refractivity contribution in [1.29, 1.82) is 0 Å². The SMILES string of the molecule is O=C(C=CC(=O)Nc1ccncn1)Nc1cccc(Cl)c1. The third-order valence-corrected chi connectivity index (χ3v) is 2.55.